The summed E-state index contributed by atoms with van der Waals surface area (Å²) in [6, 6.07) is 8.74. The first-order valence-electron chi connectivity index (χ1n) is 8.29. The zero-order chi connectivity index (χ0) is 19.4. The Morgan fingerprint density at radius 2 is 2.07 bits per heavy atom. The number of carbonyl (C=O) groups is 1. The molecule has 27 heavy (non-hydrogen) atoms. The summed E-state index contributed by atoms with van der Waals surface area (Å²) in [4.78, 5) is 12.3. The highest BCUT2D eigenvalue weighted by Gasteiger charge is 2.18. The van der Waals surface area contributed by atoms with Gasteiger partial charge >= 0.3 is 0 Å². The lowest BCUT2D eigenvalue weighted by atomic mass is 10.2. The number of amides is 1. The summed E-state index contributed by atoms with van der Waals surface area (Å²) >= 11 is 13.4. The Morgan fingerprint density at radius 3 is 2.78 bits per heavy atom. The predicted octanol–water partition coefficient (Wildman–Crippen LogP) is 5.23. The fourth-order valence-corrected chi connectivity index (χ4v) is 3.53. The summed E-state index contributed by atoms with van der Waals surface area (Å²) in [6.07, 6.45) is 1.60. The number of nitrogens with one attached hydrogen (secondary N) is 1. The molecule has 0 fully saturated rings. The van der Waals surface area contributed by atoms with Crippen molar-refractivity contribution in [3.63, 3.8) is 0 Å². The molecule has 142 valence electrons. The molecule has 0 unspecified atom stereocenters. The molecular formula is C18H18Cl2N4O2S. The average Bonchev–Trinajstić information content (AvgIpc) is 3.26. The summed E-state index contributed by atoms with van der Waals surface area (Å²) < 4.78 is 7.41. The molecule has 2 aromatic heterocycles. The normalized spacial score (nSPS) is 11.1. The van der Waals surface area contributed by atoms with Crippen LogP contribution in [0.1, 0.15) is 13.8 Å². The molecule has 1 N–H and O–H groups in total. The Bertz CT molecular complexity index is 926. The minimum absolute atomic E-state index is 0.164. The van der Waals surface area contributed by atoms with Crippen LogP contribution in [-0.4, -0.2) is 26.4 Å². The molecule has 0 aliphatic rings. The van der Waals surface area contributed by atoms with Crippen molar-refractivity contribution in [3.05, 3.63) is 46.6 Å². The number of aromatic nitrogens is 3. The van der Waals surface area contributed by atoms with Gasteiger partial charge in [0.2, 0.25) is 5.91 Å². The molecule has 0 saturated carbocycles. The Hall–Kier alpha value is -1.96. The Labute approximate surface area is 171 Å². The number of nitrogens with zero attached hydrogens (tertiary/aromatic N) is 3. The molecule has 3 aromatic rings. The number of furan rings is 1. The Balaban J connectivity index is 1.72. The van der Waals surface area contributed by atoms with Gasteiger partial charge in [-0.05, 0) is 30.2 Å². The lowest BCUT2D eigenvalue weighted by molar-refractivity contribution is -0.113. The third-order valence-corrected chi connectivity index (χ3v) is 5.35. The number of hydrogen-bond donors (Lipinski definition) is 1. The molecule has 6 nitrogen and oxygen atoms in total. The number of carbonyl (C=O) groups excluding carboxylic acids is 1. The summed E-state index contributed by atoms with van der Waals surface area (Å²) in [5.41, 5.74) is 0.481. The highest BCUT2D eigenvalue weighted by molar-refractivity contribution is 7.99. The quantitative estimate of drug-likeness (QED) is 0.525. The average molecular weight is 425 g/mol. The largest absolute Gasteiger partial charge is 0.461 e. The zero-order valence-electron chi connectivity index (χ0n) is 14.8. The second-order valence-corrected chi connectivity index (χ2v) is 7.95. The standard InChI is InChI=1S/C18H18Cl2N4O2S/c1-11(2)9-24-17(14-7-4-8-26-14)22-23-18(24)27-10-15(25)21-13-6-3-5-12(19)16(13)20/h3-8,11H,9-10H2,1-2H3,(H,21,25). The van der Waals surface area contributed by atoms with Crippen LogP contribution in [0, 0.1) is 5.92 Å². The van der Waals surface area contributed by atoms with Gasteiger partial charge in [0.1, 0.15) is 0 Å². The van der Waals surface area contributed by atoms with Crippen LogP contribution in [0.4, 0.5) is 5.69 Å². The van der Waals surface area contributed by atoms with Crippen LogP contribution in [0.2, 0.25) is 10.0 Å². The van der Waals surface area contributed by atoms with Gasteiger partial charge < -0.3 is 9.73 Å². The monoisotopic (exact) mass is 424 g/mol. The number of benzene rings is 1. The van der Waals surface area contributed by atoms with Gasteiger partial charge in [-0.2, -0.15) is 0 Å². The Morgan fingerprint density at radius 1 is 1.26 bits per heavy atom. The van der Waals surface area contributed by atoms with Crippen molar-refractivity contribution in [2.75, 3.05) is 11.1 Å². The molecule has 0 aliphatic heterocycles. The first kappa shape index (κ1) is 19.8. The molecule has 1 amide bonds. The van der Waals surface area contributed by atoms with Crippen molar-refractivity contribution < 1.29 is 9.21 Å². The summed E-state index contributed by atoms with van der Waals surface area (Å²) in [5.74, 6) is 1.63. The van der Waals surface area contributed by atoms with Gasteiger partial charge in [0.15, 0.2) is 16.7 Å². The molecule has 0 atom stereocenters. The maximum atomic E-state index is 12.3. The van der Waals surface area contributed by atoms with E-state index in [4.69, 9.17) is 27.6 Å². The maximum absolute atomic E-state index is 12.3. The topological polar surface area (TPSA) is 73.0 Å². The fraction of sp³-hybridized carbons (Fsp3) is 0.278. The Kier molecular flexibility index (Phi) is 6.46. The van der Waals surface area contributed by atoms with Crippen LogP contribution in [0.5, 0.6) is 0 Å². The van der Waals surface area contributed by atoms with Crippen LogP contribution in [-0.2, 0) is 11.3 Å². The van der Waals surface area contributed by atoms with E-state index in [9.17, 15) is 4.79 Å². The van der Waals surface area contributed by atoms with Crippen molar-refractivity contribution >= 4 is 46.6 Å². The van der Waals surface area contributed by atoms with Gasteiger partial charge in [-0.3, -0.25) is 9.36 Å². The van der Waals surface area contributed by atoms with Gasteiger partial charge in [-0.1, -0.05) is 54.9 Å². The number of rotatable bonds is 7. The molecular weight excluding hydrogens is 407 g/mol. The lowest BCUT2D eigenvalue weighted by Crippen LogP contribution is -2.15. The second kappa shape index (κ2) is 8.82. The van der Waals surface area contributed by atoms with Crippen LogP contribution < -0.4 is 5.32 Å². The van der Waals surface area contributed by atoms with E-state index in [1.165, 1.54) is 11.8 Å². The minimum atomic E-state index is -0.206. The van der Waals surface area contributed by atoms with Gasteiger partial charge in [0.25, 0.3) is 0 Å². The predicted molar refractivity (Wildman–Crippen MR) is 108 cm³/mol. The minimum Gasteiger partial charge on any atom is -0.461 e. The first-order valence-corrected chi connectivity index (χ1v) is 10.0. The number of thioether (sulfide) groups is 1. The zero-order valence-corrected chi connectivity index (χ0v) is 17.1. The van der Waals surface area contributed by atoms with Crippen LogP contribution in [0.3, 0.4) is 0 Å². The summed E-state index contributed by atoms with van der Waals surface area (Å²) in [5, 5.41) is 12.6. The van der Waals surface area contributed by atoms with Crippen LogP contribution in [0.15, 0.2) is 46.2 Å². The third kappa shape index (κ3) is 4.86. The van der Waals surface area contributed by atoms with Gasteiger partial charge in [0.05, 0.1) is 27.7 Å². The molecule has 0 radical (unpaired) electrons. The van der Waals surface area contributed by atoms with Crippen LogP contribution >= 0.6 is 35.0 Å². The molecule has 0 saturated heterocycles. The van der Waals surface area contributed by atoms with E-state index in [-0.39, 0.29) is 11.7 Å². The molecule has 0 aliphatic carbocycles. The summed E-state index contributed by atoms with van der Waals surface area (Å²) in [7, 11) is 0. The van der Waals surface area contributed by atoms with Gasteiger partial charge in [-0.25, -0.2) is 0 Å². The van der Waals surface area contributed by atoms with E-state index in [0.717, 1.165) is 0 Å². The van der Waals surface area contributed by atoms with Crippen molar-refractivity contribution in [3.8, 4) is 11.6 Å². The van der Waals surface area contributed by atoms with E-state index in [2.05, 4.69) is 29.4 Å². The van der Waals surface area contributed by atoms with E-state index in [1.54, 1.807) is 30.5 Å². The first-order chi connectivity index (χ1) is 13.0. The number of halogens is 2. The van der Waals surface area contributed by atoms with Crippen molar-refractivity contribution in [2.45, 2.75) is 25.5 Å². The van der Waals surface area contributed by atoms with Gasteiger partial charge in [-0.15, -0.1) is 10.2 Å². The van der Waals surface area contributed by atoms with E-state index in [1.807, 2.05) is 10.6 Å². The van der Waals surface area contributed by atoms with E-state index >= 15 is 0 Å². The number of anilines is 1. The van der Waals surface area contributed by atoms with Gasteiger partial charge in [0, 0.05) is 6.54 Å². The van der Waals surface area contributed by atoms with Crippen molar-refractivity contribution in [1.29, 1.82) is 0 Å². The molecule has 0 spiro atoms. The molecule has 9 heteroatoms. The third-order valence-electron chi connectivity index (χ3n) is 3.56. The molecule has 0 bridgehead atoms. The van der Waals surface area contributed by atoms with E-state index in [0.29, 0.717) is 44.9 Å². The maximum Gasteiger partial charge on any atom is 0.234 e. The smallest absolute Gasteiger partial charge is 0.234 e. The summed E-state index contributed by atoms with van der Waals surface area (Å²) in [6.45, 7) is 4.93. The van der Waals surface area contributed by atoms with Crippen LogP contribution in [0.25, 0.3) is 11.6 Å². The lowest BCUT2D eigenvalue weighted by Gasteiger charge is -2.12. The van der Waals surface area contributed by atoms with E-state index < -0.39 is 0 Å². The molecule has 2 heterocycles. The highest BCUT2D eigenvalue weighted by atomic mass is 35.5. The second-order valence-electron chi connectivity index (χ2n) is 6.23. The molecule has 3 rings (SSSR count). The SMILES string of the molecule is CC(C)Cn1c(SCC(=O)Nc2cccc(Cl)c2Cl)nnc1-c1ccco1. The fourth-order valence-electron chi connectivity index (χ4n) is 2.43. The number of hydrogen-bond acceptors (Lipinski definition) is 5. The molecule has 1 aromatic carbocycles. The highest BCUT2D eigenvalue weighted by Crippen LogP contribution is 2.30. The van der Waals surface area contributed by atoms with Crippen molar-refractivity contribution in [2.24, 2.45) is 5.92 Å². The van der Waals surface area contributed by atoms with Crippen molar-refractivity contribution in [1.82, 2.24) is 14.8 Å².